The SMILES string of the molecule is O=C(O)[C@@H]1CN(C(=O)c2coc(-c3ccccc3)n2)CCO1. The third-order valence-electron chi connectivity index (χ3n) is 3.37. The molecule has 0 spiro atoms. The Morgan fingerprint density at radius 1 is 1.27 bits per heavy atom. The second-order valence-corrected chi connectivity index (χ2v) is 4.85. The van der Waals surface area contributed by atoms with E-state index in [-0.39, 0.29) is 24.8 Å². The highest BCUT2D eigenvalue weighted by Gasteiger charge is 2.30. The van der Waals surface area contributed by atoms with E-state index in [0.717, 1.165) is 5.56 Å². The molecule has 1 fully saturated rings. The smallest absolute Gasteiger partial charge is 0.334 e. The Kier molecular flexibility index (Phi) is 3.88. The van der Waals surface area contributed by atoms with Gasteiger partial charge in [0.15, 0.2) is 11.8 Å². The van der Waals surface area contributed by atoms with Crippen molar-refractivity contribution in [2.24, 2.45) is 0 Å². The second kappa shape index (κ2) is 5.98. The van der Waals surface area contributed by atoms with Gasteiger partial charge < -0.3 is 19.2 Å². The van der Waals surface area contributed by atoms with Gasteiger partial charge in [-0.25, -0.2) is 9.78 Å². The number of carboxylic acid groups (broad SMARTS) is 1. The first-order valence-corrected chi connectivity index (χ1v) is 6.80. The summed E-state index contributed by atoms with van der Waals surface area (Å²) in [5, 5.41) is 8.96. The molecular formula is C15H14N2O5. The minimum atomic E-state index is -1.08. The van der Waals surface area contributed by atoms with Crippen LogP contribution >= 0.6 is 0 Å². The minimum absolute atomic E-state index is 0.00168. The summed E-state index contributed by atoms with van der Waals surface area (Å²) >= 11 is 0. The van der Waals surface area contributed by atoms with Gasteiger partial charge in [-0.2, -0.15) is 0 Å². The molecule has 1 aromatic carbocycles. The predicted octanol–water partition coefficient (Wildman–Crippen LogP) is 1.27. The highest BCUT2D eigenvalue weighted by Crippen LogP contribution is 2.19. The van der Waals surface area contributed by atoms with Crippen LogP contribution in [0.25, 0.3) is 11.5 Å². The van der Waals surface area contributed by atoms with Crippen molar-refractivity contribution in [1.29, 1.82) is 0 Å². The number of nitrogens with zero attached hydrogens (tertiary/aromatic N) is 2. The quantitative estimate of drug-likeness (QED) is 0.917. The van der Waals surface area contributed by atoms with Crippen LogP contribution in [0.3, 0.4) is 0 Å². The van der Waals surface area contributed by atoms with Crippen molar-refractivity contribution in [3.8, 4) is 11.5 Å². The van der Waals surface area contributed by atoms with E-state index in [2.05, 4.69) is 4.98 Å². The fourth-order valence-electron chi connectivity index (χ4n) is 2.23. The van der Waals surface area contributed by atoms with Gasteiger partial charge >= 0.3 is 5.97 Å². The molecule has 0 saturated carbocycles. The molecule has 2 aromatic rings. The van der Waals surface area contributed by atoms with Gasteiger partial charge in [0.05, 0.1) is 13.2 Å². The van der Waals surface area contributed by atoms with Crippen molar-refractivity contribution >= 4 is 11.9 Å². The van der Waals surface area contributed by atoms with Gasteiger partial charge in [0.1, 0.15) is 6.26 Å². The van der Waals surface area contributed by atoms with Crippen molar-refractivity contribution in [3.63, 3.8) is 0 Å². The molecule has 114 valence electrons. The van der Waals surface area contributed by atoms with E-state index in [1.54, 1.807) is 0 Å². The van der Waals surface area contributed by atoms with Crippen molar-refractivity contribution in [2.45, 2.75) is 6.10 Å². The third kappa shape index (κ3) is 2.84. The van der Waals surface area contributed by atoms with Crippen LogP contribution < -0.4 is 0 Å². The first-order chi connectivity index (χ1) is 10.6. The molecule has 0 aliphatic carbocycles. The van der Waals surface area contributed by atoms with Gasteiger partial charge in [-0.05, 0) is 12.1 Å². The first-order valence-electron chi connectivity index (χ1n) is 6.80. The normalized spacial score (nSPS) is 18.2. The molecule has 0 unspecified atom stereocenters. The maximum atomic E-state index is 12.4. The molecule has 7 nitrogen and oxygen atoms in total. The molecule has 0 radical (unpaired) electrons. The Morgan fingerprint density at radius 2 is 2.05 bits per heavy atom. The second-order valence-electron chi connectivity index (χ2n) is 4.85. The van der Waals surface area contributed by atoms with Crippen molar-refractivity contribution in [1.82, 2.24) is 9.88 Å². The number of benzene rings is 1. The molecule has 2 heterocycles. The number of oxazole rings is 1. The lowest BCUT2D eigenvalue weighted by molar-refractivity contribution is -0.154. The zero-order valence-corrected chi connectivity index (χ0v) is 11.6. The van der Waals surface area contributed by atoms with Crippen molar-refractivity contribution < 1.29 is 23.8 Å². The molecule has 1 amide bonds. The number of morpholine rings is 1. The molecule has 7 heteroatoms. The molecule has 1 atom stereocenters. The number of hydrogen-bond donors (Lipinski definition) is 1. The van der Waals surface area contributed by atoms with Gasteiger partial charge in [0, 0.05) is 12.1 Å². The molecule has 22 heavy (non-hydrogen) atoms. The van der Waals surface area contributed by atoms with E-state index in [1.165, 1.54) is 11.2 Å². The van der Waals surface area contributed by atoms with Crippen LogP contribution in [0, 0.1) is 0 Å². The number of amides is 1. The summed E-state index contributed by atoms with van der Waals surface area (Å²) in [4.78, 5) is 28.9. The van der Waals surface area contributed by atoms with Gasteiger partial charge in [-0.3, -0.25) is 4.79 Å². The van der Waals surface area contributed by atoms with Crippen LogP contribution in [0.1, 0.15) is 10.5 Å². The summed E-state index contributed by atoms with van der Waals surface area (Å²) in [6.45, 7) is 0.518. The molecular weight excluding hydrogens is 288 g/mol. The number of rotatable bonds is 3. The summed E-state index contributed by atoms with van der Waals surface area (Å²) in [6, 6.07) is 9.23. The Morgan fingerprint density at radius 3 is 2.77 bits per heavy atom. The van der Waals surface area contributed by atoms with E-state index in [0.29, 0.717) is 12.4 Å². The molecule has 0 bridgehead atoms. The Balaban J connectivity index is 1.76. The highest BCUT2D eigenvalue weighted by atomic mass is 16.5. The molecule has 1 aromatic heterocycles. The summed E-state index contributed by atoms with van der Waals surface area (Å²) in [5.74, 6) is -1.09. The highest BCUT2D eigenvalue weighted by molar-refractivity contribution is 5.93. The number of hydrogen-bond acceptors (Lipinski definition) is 5. The fraction of sp³-hybridized carbons (Fsp3) is 0.267. The fourth-order valence-corrected chi connectivity index (χ4v) is 2.23. The minimum Gasteiger partial charge on any atom is -0.479 e. The monoisotopic (exact) mass is 302 g/mol. The lowest BCUT2D eigenvalue weighted by Gasteiger charge is -2.30. The lowest BCUT2D eigenvalue weighted by atomic mass is 10.2. The Bertz CT molecular complexity index is 682. The Labute approximate surface area is 126 Å². The summed E-state index contributed by atoms with van der Waals surface area (Å²) in [6.07, 6.45) is 0.286. The molecule has 1 aliphatic heterocycles. The van der Waals surface area contributed by atoms with E-state index >= 15 is 0 Å². The maximum Gasteiger partial charge on any atom is 0.334 e. The summed E-state index contributed by atoms with van der Waals surface area (Å²) in [7, 11) is 0. The van der Waals surface area contributed by atoms with E-state index < -0.39 is 12.1 Å². The largest absolute Gasteiger partial charge is 0.479 e. The van der Waals surface area contributed by atoms with Crippen LogP contribution in [-0.2, 0) is 9.53 Å². The van der Waals surface area contributed by atoms with Crippen LogP contribution in [0.15, 0.2) is 41.0 Å². The van der Waals surface area contributed by atoms with E-state index in [1.807, 2.05) is 30.3 Å². The van der Waals surface area contributed by atoms with Crippen LogP contribution in [0.2, 0.25) is 0 Å². The number of carbonyl (C=O) groups is 2. The standard InChI is InChI=1S/C15H14N2O5/c18-14(17-6-7-21-12(8-17)15(19)20)11-9-22-13(16-11)10-4-2-1-3-5-10/h1-5,9,12H,6-8H2,(H,19,20)/t12-/m0/s1. The first kappa shape index (κ1) is 14.3. The molecule has 1 aliphatic rings. The van der Waals surface area contributed by atoms with Crippen molar-refractivity contribution in [3.05, 3.63) is 42.3 Å². The van der Waals surface area contributed by atoms with Crippen LogP contribution in [0.4, 0.5) is 0 Å². The van der Waals surface area contributed by atoms with Crippen molar-refractivity contribution in [2.75, 3.05) is 19.7 Å². The maximum absolute atomic E-state index is 12.4. The van der Waals surface area contributed by atoms with Gasteiger partial charge in [-0.15, -0.1) is 0 Å². The lowest BCUT2D eigenvalue weighted by Crippen LogP contribution is -2.48. The van der Waals surface area contributed by atoms with Crippen LogP contribution in [-0.4, -0.2) is 52.7 Å². The number of carbonyl (C=O) groups excluding carboxylic acids is 1. The summed E-state index contributed by atoms with van der Waals surface area (Å²) in [5.41, 5.74) is 0.928. The Hall–Kier alpha value is -2.67. The number of aromatic nitrogens is 1. The topological polar surface area (TPSA) is 92.9 Å². The number of carboxylic acids is 1. The zero-order chi connectivity index (χ0) is 15.5. The third-order valence-corrected chi connectivity index (χ3v) is 3.37. The predicted molar refractivity (Wildman–Crippen MR) is 75.2 cm³/mol. The van der Waals surface area contributed by atoms with E-state index in [9.17, 15) is 9.59 Å². The number of ether oxygens (including phenoxy) is 1. The summed E-state index contributed by atoms with van der Waals surface area (Å²) < 4.78 is 10.4. The van der Waals surface area contributed by atoms with Crippen LogP contribution in [0.5, 0.6) is 0 Å². The van der Waals surface area contributed by atoms with E-state index in [4.69, 9.17) is 14.3 Å². The average Bonchev–Trinajstić information content (AvgIpc) is 3.05. The van der Waals surface area contributed by atoms with Gasteiger partial charge in [0.2, 0.25) is 5.89 Å². The molecule has 1 N–H and O–H groups in total. The molecule has 3 rings (SSSR count). The van der Waals surface area contributed by atoms with Gasteiger partial charge in [0.25, 0.3) is 5.91 Å². The van der Waals surface area contributed by atoms with Gasteiger partial charge in [-0.1, -0.05) is 18.2 Å². The molecule has 1 saturated heterocycles. The average molecular weight is 302 g/mol. The number of aliphatic carboxylic acids is 1. The zero-order valence-electron chi connectivity index (χ0n) is 11.6.